The Morgan fingerprint density at radius 3 is 1.96 bits per heavy atom. The van der Waals surface area contributed by atoms with Gasteiger partial charge in [0, 0.05) is 21.1 Å². The molecule has 0 amide bonds. The molecule has 0 fully saturated rings. The number of hydrogen-bond acceptors (Lipinski definition) is 6. The predicted molar refractivity (Wildman–Crippen MR) is 103 cm³/mol. The van der Waals surface area contributed by atoms with Crippen LogP contribution in [-0.4, -0.2) is 65.8 Å². The highest BCUT2D eigenvalue weighted by Gasteiger charge is 2.28. The van der Waals surface area contributed by atoms with Gasteiger partial charge >= 0.3 is 0 Å². The van der Waals surface area contributed by atoms with E-state index in [1.165, 1.54) is 49.7 Å². The SMILES string of the molecule is CN(C)S(=O)(=O)c1ccc(S(=O)(=O)N(C)C[C@H]2COc3ccccc3O2)cc1. The molecule has 28 heavy (non-hydrogen) atoms. The lowest BCUT2D eigenvalue weighted by molar-refractivity contribution is 0.0798. The van der Waals surface area contributed by atoms with E-state index in [0.29, 0.717) is 11.5 Å². The number of sulfonamides is 2. The third-order valence-corrected chi connectivity index (χ3v) is 8.01. The van der Waals surface area contributed by atoms with Crippen LogP contribution < -0.4 is 9.47 Å². The van der Waals surface area contributed by atoms with Gasteiger partial charge in [-0.25, -0.2) is 21.1 Å². The molecular weight excluding hydrogens is 404 g/mol. The van der Waals surface area contributed by atoms with E-state index < -0.39 is 26.2 Å². The number of ether oxygens (including phenoxy) is 2. The van der Waals surface area contributed by atoms with Crippen molar-refractivity contribution in [2.24, 2.45) is 0 Å². The molecule has 2 aromatic rings. The summed E-state index contributed by atoms with van der Waals surface area (Å²) in [7, 11) is -3.15. The molecule has 0 saturated carbocycles. The van der Waals surface area contributed by atoms with Crippen LogP contribution in [0.3, 0.4) is 0 Å². The first-order valence-corrected chi connectivity index (χ1v) is 11.4. The van der Waals surface area contributed by atoms with E-state index in [9.17, 15) is 16.8 Å². The van der Waals surface area contributed by atoms with E-state index in [1.54, 1.807) is 12.1 Å². The first-order valence-electron chi connectivity index (χ1n) is 8.50. The first-order chi connectivity index (χ1) is 13.1. The zero-order valence-corrected chi connectivity index (χ0v) is 17.4. The maximum Gasteiger partial charge on any atom is 0.242 e. The molecule has 0 unspecified atom stereocenters. The van der Waals surface area contributed by atoms with Crippen LogP contribution in [0.1, 0.15) is 0 Å². The summed E-state index contributed by atoms with van der Waals surface area (Å²) in [4.78, 5) is 0.0320. The number of para-hydroxylation sites is 2. The lowest BCUT2D eigenvalue weighted by Gasteiger charge is -2.29. The molecule has 8 nitrogen and oxygen atoms in total. The molecule has 0 N–H and O–H groups in total. The fourth-order valence-corrected chi connectivity index (χ4v) is 4.82. The normalized spacial score (nSPS) is 17.1. The van der Waals surface area contributed by atoms with Crippen molar-refractivity contribution >= 4 is 20.0 Å². The van der Waals surface area contributed by atoms with Crippen molar-refractivity contribution in [3.63, 3.8) is 0 Å². The average molecular weight is 427 g/mol. The van der Waals surface area contributed by atoms with Crippen molar-refractivity contribution in [2.45, 2.75) is 15.9 Å². The Hall–Kier alpha value is -2.14. The number of nitrogens with zero attached hydrogens (tertiary/aromatic N) is 2. The fraction of sp³-hybridized carbons (Fsp3) is 0.333. The van der Waals surface area contributed by atoms with Crippen LogP contribution in [0.4, 0.5) is 0 Å². The predicted octanol–water partition coefficient (Wildman–Crippen LogP) is 1.40. The van der Waals surface area contributed by atoms with Gasteiger partial charge < -0.3 is 9.47 Å². The molecule has 2 aromatic carbocycles. The van der Waals surface area contributed by atoms with Gasteiger partial charge in [0.2, 0.25) is 20.0 Å². The molecule has 0 bridgehead atoms. The maximum atomic E-state index is 12.8. The van der Waals surface area contributed by atoms with Crippen molar-refractivity contribution in [3.05, 3.63) is 48.5 Å². The Balaban J connectivity index is 1.74. The summed E-state index contributed by atoms with van der Waals surface area (Å²) < 4.78 is 63.5. The van der Waals surface area contributed by atoms with Gasteiger partial charge in [-0.3, -0.25) is 0 Å². The van der Waals surface area contributed by atoms with E-state index in [4.69, 9.17) is 9.47 Å². The molecule has 10 heteroatoms. The number of likely N-dealkylation sites (N-methyl/N-ethyl adjacent to an activating group) is 1. The van der Waals surface area contributed by atoms with Crippen molar-refractivity contribution in [1.29, 1.82) is 0 Å². The molecule has 1 aliphatic heterocycles. The Morgan fingerprint density at radius 1 is 0.857 bits per heavy atom. The van der Waals surface area contributed by atoms with Crippen molar-refractivity contribution < 1.29 is 26.3 Å². The summed E-state index contributed by atoms with van der Waals surface area (Å²) in [5.41, 5.74) is 0. The van der Waals surface area contributed by atoms with Crippen LogP contribution in [0.25, 0.3) is 0 Å². The molecule has 1 heterocycles. The summed E-state index contributed by atoms with van der Waals surface area (Å²) in [6.45, 7) is 0.325. The van der Waals surface area contributed by atoms with Gasteiger partial charge in [-0.2, -0.15) is 4.31 Å². The highest BCUT2D eigenvalue weighted by molar-refractivity contribution is 7.89. The number of rotatable bonds is 6. The largest absolute Gasteiger partial charge is 0.486 e. The number of benzene rings is 2. The first kappa shape index (κ1) is 20.6. The van der Waals surface area contributed by atoms with Gasteiger partial charge in [0.1, 0.15) is 12.7 Å². The van der Waals surface area contributed by atoms with Gasteiger partial charge in [0.05, 0.1) is 16.3 Å². The van der Waals surface area contributed by atoms with E-state index in [0.717, 1.165) is 4.31 Å². The monoisotopic (exact) mass is 426 g/mol. The second kappa shape index (κ2) is 7.70. The van der Waals surface area contributed by atoms with E-state index in [2.05, 4.69) is 0 Å². The minimum absolute atomic E-state index is 0.00448. The molecule has 0 spiro atoms. The smallest absolute Gasteiger partial charge is 0.242 e. The van der Waals surface area contributed by atoms with Crippen LogP contribution in [0.15, 0.2) is 58.3 Å². The second-order valence-electron chi connectivity index (χ2n) is 6.54. The van der Waals surface area contributed by atoms with E-state index in [1.807, 2.05) is 12.1 Å². The molecule has 3 rings (SSSR count). The van der Waals surface area contributed by atoms with Gasteiger partial charge in [-0.05, 0) is 36.4 Å². The topological polar surface area (TPSA) is 93.2 Å². The van der Waals surface area contributed by atoms with Crippen molar-refractivity contribution in [1.82, 2.24) is 8.61 Å². The van der Waals surface area contributed by atoms with Gasteiger partial charge in [-0.1, -0.05) is 12.1 Å². The quantitative estimate of drug-likeness (QED) is 0.693. The van der Waals surface area contributed by atoms with E-state index >= 15 is 0 Å². The standard InChI is InChI=1S/C18H22N2O6S2/c1-19(2)27(21,22)15-8-10-16(11-9-15)28(23,24)20(3)12-14-13-25-17-6-4-5-7-18(17)26-14/h4-11,14H,12-13H2,1-3H3/t14-/m0/s1. The second-order valence-corrected chi connectivity index (χ2v) is 10.7. The zero-order valence-electron chi connectivity index (χ0n) is 15.8. The van der Waals surface area contributed by atoms with Crippen molar-refractivity contribution in [3.8, 4) is 11.5 Å². The highest BCUT2D eigenvalue weighted by atomic mass is 32.2. The van der Waals surface area contributed by atoms with Gasteiger partial charge in [-0.15, -0.1) is 0 Å². The van der Waals surface area contributed by atoms with Crippen LogP contribution in [-0.2, 0) is 20.0 Å². The summed E-state index contributed by atoms with van der Waals surface area (Å²) in [6, 6.07) is 12.3. The third kappa shape index (κ3) is 4.00. The molecule has 1 aliphatic rings. The lowest BCUT2D eigenvalue weighted by atomic mass is 10.2. The van der Waals surface area contributed by atoms with Crippen LogP contribution in [0.5, 0.6) is 11.5 Å². The third-order valence-electron chi connectivity index (χ3n) is 4.34. The van der Waals surface area contributed by atoms with Gasteiger partial charge in [0.15, 0.2) is 11.5 Å². The van der Waals surface area contributed by atoms with Gasteiger partial charge in [0.25, 0.3) is 0 Å². The summed E-state index contributed by atoms with van der Waals surface area (Å²) in [5.74, 6) is 1.20. The summed E-state index contributed by atoms with van der Waals surface area (Å²) >= 11 is 0. The molecule has 152 valence electrons. The van der Waals surface area contributed by atoms with E-state index in [-0.39, 0.29) is 22.9 Å². The summed E-state index contributed by atoms with van der Waals surface area (Å²) in [5, 5.41) is 0. The lowest BCUT2D eigenvalue weighted by Crippen LogP contribution is -2.41. The Kier molecular flexibility index (Phi) is 5.67. The van der Waals surface area contributed by atoms with Crippen LogP contribution in [0, 0.1) is 0 Å². The molecule has 1 atom stereocenters. The highest BCUT2D eigenvalue weighted by Crippen LogP contribution is 2.31. The van der Waals surface area contributed by atoms with Crippen molar-refractivity contribution in [2.75, 3.05) is 34.3 Å². The molecule has 0 aliphatic carbocycles. The minimum atomic E-state index is -3.81. The number of fused-ring (bicyclic) bond motifs is 1. The number of hydrogen-bond donors (Lipinski definition) is 0. The Morgan fingerprint density at radius 2 is 1.39 bits per heavy atom. The molecule has 0 aromatic heterocycles. The zero-order chi connectivity index (χ0) is 20.5. The Bertz CT molecular complexity index is 1050. The summed E-state index contributed by atoms with van der Waals surface area (Å²) in [6.07, 6.45) is -0.455. The Labute approximate surface area is 165 Å². The molecular formula is C18H22N2O6S2. The maximum absolute atomic E-state index is 12.8. The van der Waals surface area contributed by atoms with Crippen LogP contribution in [0.2, 0.25) is 0 Å². The fourth-order valence-electron chi connectivity index (χ4n) is 2.71. The minimum Gasteiger partial charge on any atom is -0.486 e. The molecule has 0 radical (unpaired) electrons. The molecule has 0 saturated heterocycles. The average Bonchev–Trinajstić information content (AvgIpc) is 2.67. The van der Waals surface area contributed by atoms with Crippen LogP contribution >= 0.6 is 0 Å².